The molecule has 0 N–H and O–H groups in total. The molecule has 10 heteroatoms. The molecule has 4 nitrogen and oxygen atoms in total. The van der Waals surface area contributed by atoms with Crippen molar-refractivity contribution in [1.29, 1.82) is 0 Å². The van der Waals surface area contributed by atoms with Gasteiger partial charge in [0.25, 0.3) is 0 Å². The smallest absolute Gasteiger partial charge is 0.435 e. The maximum Gasteiger partial charge on any atom is 0.435 e. The monoisotopic (exact) mass is 458 g/mol. The first-order valence-corrected chi connectivity index (χ1v) is 9.63. The van der Waals surface area contributed by atoms with Crippen LogP contribution in [0.15, 0.2) is 54.6 Å². The minimum Gasteiger partial charge on any atom is -0.497 e. The molecular formula is C22H20F6N2O2. The molecule has 0 saturated carbocycles. The summed E-state index contributed by atoms with van der Waals surface area (Å²) in [5, 5.41) is 3.10. The zero-order valence-electron chi connectivity index (χ0n) is 17.0. The molecule has 0 aliphatic heterocycles. The second kappa shape index (κ2) is 9.54. The second-order valence-corrected chi connectivity index (χ2v) is 6.97. The molecule has 0 amide bonds. The number of aromatic nitrogens is 2. The predicted molar refractivity (Wildman–Crippen MR) is 105 cm³/mol. The Morgan fingerprint density at radius 3 is 1.88 bits per heavy atom. The van der Waals surface area contributed by atoms with Crippen LogP contribution in [0.3, 0.4) is 0 Å². The summed E-state index contributed by atoms with van der Waals surface area (Å²) in [6.45, 7) is 0.0801. The highest BCUT2D eigenvalue weighted by molar-refractivity contribution is 5.29. The number of halogens is 6. The molecule has 3 rings (SSSR count). The summed E-state index contributed by atoms with van der Waals surface area (Å²) in [5.41, 5.74) is -1.28. The third-order valence-corrected chi connectivity index (χ3v) is 4.71. The Bertz CT molecular complexity index is 1010. The number of benzene rings is 2. The van der Waals surface area contributed by atoms with Gasteiger partial charge in [-0.05, 0) is 41.8 Å². The van der Waals surface area contributed by atoms with Crippen LogP contribution >= 0.6 is 0 Å². The number of aryl methyl sites for hydroxylation is 2. The maximum atomic E-state index is 13.1. The van der Waals surface area contributed by atoms with Gasteiger partial charge in [-0.2, -0.15) is 31.4 Å². The fourth-order valence-electron chi connectivity index (χ4n) is 3.02. The molecule has 1 heterocycles. The van der Waals surface area contributed by atoms with Crippen molar-refractivity contribution >= 4 is 0 Å². The number of methoxy groups -OCH3 is 1. The van der Waals surface area contributed by atoms with Crippen LogP contribution in [0.1, 0.15) is 22.5 Å². The summed E-state index contributed by atoms with van der Waals surface area (Å²) in [7, 11) is 1.59. The first kappa shape index (κ1) is 23.5. The fourth-order valence-corrected chi connectivity index (χ4v) is 3.02. The van der Waals surface area contributed by atoms with E-state index in [0.29, 0.717) is 29.0 Å². The largest absolute Gasteiger partial charge is 0.497 e. The molecule has 2 aromatic carbocycles. The zero-order chi connectivity index (χ0) is 23.4. The average Bonchev–Trinajstić information content (AvgIpc) is 3.19. The van der Waals surface area contributed by atoms with Gasteiger partial charge in [0.05, 0.1) is 13.7 Å². The standard InChI is InChI=1S/C22H20F6N2O2/c1-31-17-6-2-16(3-7-17)11-13-32-18-8-4-15(5-9-18)10-12-30-20(22(26,27)28)14-19(29-30)21(23,24)25/h2-9,14H,10-13H2,1H3. The van der Waals surface area contributed by atoms with Crippen LogP contribution in [-0.4, -0.2) is 23.5 Å². The van der Waals surface area contributed by atoms with Crippen LogP contribution in [0.25, 0.3) is 0 Å². The normalized spacial score (nSPS) is 12.1. The number of hydrogen-bond donors (Lipinski definition) is 0. The highest BCUT2D eigenvalue weighted by Crippen LogP contribution is 2.35. The molecular weight excluding hydrogens is 438 g/mol. The molecule has 0 atom stereocenters. The van der Waals surface area contributed by atoms with Gasteiger partial charge in [0.15, 0.2) is 5.69 Å². The fraction of sp³-hybridized carbons (Fsp3) is 0.318. The summed E-state index contributed by atoms with van der Waals surface area (Å²) in [5.74, 6) is 1.34. The molecule has 32 heavy (non-hydrogen) atoms. The van der Waals surface area contributed by atoms with Crippen molar-refractivity contribution in [2.45, 2.75) is 31.7 Å². The second-order valence-electron chi connectivity index (χ2n) is 6.97. The minimum atomic E-state index is -4.95. The van der Waals surface area contributed by atoms with Gasteiger partial charge in [-0.15, -0.1) is 0 Å². The van der Waals surface area contributed by atoms with Crippen LogP contribution in [-0.2, 0) is 31.7 Å². The molecule has 0 saturated heterocycles. The van der Waals surface area contributed by atoms with E-state index in [2.05, 4.69) is 5.10 Å². The van der Waals surface area contributed by atoms with Gasteiger partial charge in [0.1, 0.15) is 17.2 Å². The molecule has 0 bridgehead atoms. The minimum absolute atomic E-state index is 0.0275. The van der Waals surface area contributed by atoms with E-state index >= 15 is 0 Å². The molecule has 0 fully saturated rings. The van der Waals surface area contributed by atoms with Crippen molar-refractivity contribution in [3.05, 3.63) is 77.1 Å². The Hall–Kier alpha value is -3.17. The summed E-state index contributed by atoms with van der Waals surface area (Å²) in [6, 6.07) is 14.2. The van der Waals surface area contributed by atoms with Gasteiger partial charge in [0, 0.05) is 19.0 Å². The van der Waals surface area contributed by atoms with Crippen molar-refractivity contribution in [2.24, 2.45) is 0 Å². The summed E-state index contributed by atoms with van der Waals surface area (Å²) < 4.78 is 88.6. The molecule has 0 spiro atoms. The third kappa shape index (κ3) is 6.18. The summed E-state index contributed by atoms with van der Waals surface area (Å²) in [6.07, 6.45) is -9.13. The number of ether oxygens (including phenoxy) is 2. The van der Waals surface area contributed by atoms with Crippen LogP contribution in [0.5, 0.6) is 11.5 Å². The highest BCUT2D eigenvalue weighted by atomic mass is 19.4. The van der Waals surface area contributed by atoms with Gasteiger partial charge in [-0.3, -0.25) is 4.68 Å². The van der Waals surface area contributed by atoms with E-state index in [9.17, 15) is 26.3 Å². The lowest BCUT2D eigenvalue weighted by Gasteiger charge is -2.11. The van der Waals surface area contributed by atoms with E-state index in [4.69, 9.17) is 9.47 Å². The Morgan fingerprint density at radius 2 is 1.34 bits per heavy atom. The molecule has 3 aromatic rings. The third-order valence-electron chi connectivity index (χ3n) is 4.71. The van der Waals surface area contributed by atoms with Crippen LogP contribution < -0.4 is 9.47 Å². The van der Waals surface area contributed by atoms with E-state index in [1.165, 1.54) is 0 Å². The molecule has 172 valence electrons. The van der Waals surface area contributed by atoms with Gasteiger partial charge in [-0.25, -0.2) is 0 Å². The molecule has 1 aromatic heterocycles. The Morgan fingerprint density at radius 1 is 0.781 bits per heavy atom. The van der Waals surface area contributed by atoms with Crippen molar-refractivity contribution < 1.29 is 35.8 Å². The van der Waals surface area contributed by atoms with E-state index in [0.717, 1.165) is 11.3 Å². The highest BCUT2D eigenvalue weighted by Gasteiger charge is 2.41. The van der Waals surface area contributed by atoms with Gasteiger partial charge in [0.2, 0.25) is 0 Å². The molecule has 0 aliphatic rings. The van der Waals surface area contributed by atoms with Gasteiger partial charge >= 0.3 is 12.4 Å². The predicted octanol–water partition coefficient (Wildman–Crippen LogP) is 5.79. The van der Waals surface area contributed by atoms with Gasteiger partial charge in [-0.1, -0.05) is 24.3 Å². The van der Waals surface area contributed by atoms with E-state index in [1.54, 1.807) is 31.4 Å². The Balaban J connectivity index is 1.56. The van der Waals surface area contributed by atoms with Gasteiger partial charge < -0.3 is 9.47 Å². The Kier molecular flexibility index (Phi) is 7.00. The summed E-state index contributed by atoms with van der Waals surface area (Å²) in [4.78, 5) is 0. The number of nitrogens with zero attached hydrogens (tertiary/aromatic N) is 2. The number of rotatable bonds is 8. The van der Waals surface area contributed by atoms with Crippen molar-refractivity contribution in [1.82, 2.24) is 9.78 Å². The lowest BCUT2D eigenvalue weighted by Crippen LogP contribution is -2.16. The average molecular weight is 458 g/mol. The van der Waals surface area contributed by atoms with Crippen molar-refractivity contribution in [2.75, 3.05) is 13.7 Å². The maximum absolute atomic E-state index is 13.1. The van der Waals surface area contributed by atoms with E-state index in [-0.39, 0.29) is 19.0 Å². The first-order valence-electron chi connectivity index (χ1n) is 9.63. The first-order chi connectivity index (χ1) is 15.1. The molecule has 0 aliphatic carbocycles. The molecule has 0 radical (unpaired) electrons. The zero-order valence-corrected chi connectivity index (χ0v) is 17.0. The van der Waals surface area contributed by atoms with Crippen molar-refractivity contribution in [3.63, 3.8) is 0 Å². The number of alkyl halides is 6. The van der Waals surface area contributed by atoms with Crippen molar-refractivity contribution in [3.8, 4) is 11.5 Å². The van der Waals surface area contributed by atoms with E-state index < -0.39 is 23.7 Å². The van der Waals surface area contributed by atoms with Crippen LogP contribution in [0, 0.1) is 0 Å². The van der Waals surface area contributed by atoms with Crippen LogP contribution in [0.4, 0.5) is 26.3 Å². The lowest BCUT2D eigenvalue weighted by molar-refractivity contribution is -0.144. The Labute approximate surface area is 180 Å². The molecule has 0 unspecified atom stereocenters. The van der Waals surface area contributed by atoms with Crippen LogP contribution in [0.2, 0.25) is 0 Å². The quantitative estimate of drug-likeness (QED) is 0.401. The number of hydrogen-bond acceptors (Lipinski definition) is 3. The SMILES string of the molecule is COc1ccc(CCOc2ccc(CCn3nc(C(F)(F)F)cc3C(F)(F)F)cc2)cc1. The topological polar surface area (TPSA) is 36.3 Å². The summed E-state index contributed by atoms with van der Waals surface area (Å²) >= 11 is 0. The lowest BCUT2D eigenvalue weighted by atomic mass is 10.1. The van der Waals surface area contributed by atoms with E-state index in [1.807, 2.05) is 24.3 Å².